The molecule has 0 aliphatic carbocycles. The Hall–Kier alpha value is -1.06. The Labute approximate surface area is 103 Å². The van der Waals surface area contributed by atoms with Gasteiger partial charge in [-0.05, 0) is 37.6 Å². The molecule has 0 radical (unpaired) electrons. The first-order valence-electron chi connectivity index (χ1n) is 6.19. The summed E-state index contributed by atoms with van der Waals surface area (Å²) < 4.78 is 11.1. The van der Waals surface area contributed by atoms with Crippen molar-refractivity contribution >= 4 is 0 Å². The summed E-state index contributed by atoms with van der Waals surface area (Å²) in [7, 11) is 1.69. The quantitative estimate of drug-likeness (QED) is 0.869. The predicted octanol–water partition coefficient (Wildman–Crippen LogP) is 2.01. The average molecular weight is 235 g/mol. The first-order valence-corrected chi connectivity index (χ1v) is 6.19. The highest BCUT2D eigenvalue weighted by atomic mass is 16.5. The van der Waals surface area contributed by atoms with Crippen molar-refractivity contribution < 1.29 is 9.47 Å². The highest BCUT2D eigenvalue weighted by Crippen LogP contribution is 2.21. The fourth-order valence-electron chi connectivity index (χ4n) is 2.21. The summed E-state index contributed by atoms with van der Waals surface area (Å²) in [5.74, 6) is 0.902. The van der Waals surface area contributed by atoms with Gasteiger partial charge >= 0.3 is 0 Å². The number of hydrogen-bond acceptors (Lipinski definition) is 3. The topological polar surface area (TPSA) is 30.5 Å². The van der Waals surface area contributed by atoms with Crippen molar-refractivity contribution in [3.05, 3.63) is 29.8 Å². The van der Waals surface area contributed by atoms with E-state index in [1.54, 1.807) is 7.11 Å². The standard InChI is InChI=1S/C14H21NO2/c1-14(11-15-8-3-9-17-14)10-12-4-6-13(16-2)7-5-12/h4-7,15H,3,8-11H2,1-2H3. The molecule has 1 aliphatic rings. The van der Waals surface area contributed by atoms with Crippen LogP contribution in [0, 0.1) is 0 Å². The van der Waals surface area contributed by atoms with Gasteiger partial charge in [-0.2, -0.15) is 0 Å². The van der Waals surface area contributed by atoms with Gasteiger partial charge in [0.15, 0.2) is 0 Å². The van der Waals surface area contributed by atoms with Crippen molar-refractivity contribution in [2.75, 3.05) is 26.8 Å². The van der Waals surface area contributed by atoms with Gasteiger partial charge in [-0.3, -0.25) is 0 Å². The number of benzene rings is 1. The zero-order valence-corrected chi connectivity index (χ0v) is 10.7. The molecular weight excluding hydrogens is 214 g/mol. The van der Waals surface area contributed by atoms with Crippen molar-refractivity contribution in [1.82, 2.24) is 5.32 Å². The van der Waals surface area contributed by atoms with E-state index in [-0.39, 0.29) is 5.60 Å². The number of ether oxygens (including phenoxy) is 2. The Morgan fingerprint density at radius 1 is 1.35 bits per heavy atom. The Morgan fingerprint density at radius 3 is 2.82 bits per heavy atom. The van der Waals surface area contributed by atoms with Gasteiger partial charge in [-0.15, -0.1) is 0 Å². The zero-order chi connectivity index (χ0) is 12.1. The molecule has 3 nitrogen and oxygen atoms in total. The van der Waals surface area contributed by atoms with Gasteiger partial charge in [0.1, 0.15) is 5.75 Å². The van der Waals surface area contributed by atoms with Gasteiger partial charge in [0.2, 0.25) is 0 Å². The Balaban J connectivity index is 2.02. The van der Waals surface area contributed by atoms with Crippen molar-refractivity contribution in [2.45, 2.75) is 25.4 Å². The molecule has 2 rings (SSSR count). The first-order chi connectivity index (χ1) is 8.22. The third-order valence-corrected chi connectivity index (χ3v) is 3.18. The van der Waals surface area contributed by atoms with E-state index >= 15 is 0 Å². The number of nitrogens with one attached hydrogen (secondary N) is 1. The van der Waals surface area contributed by atoms with E-state index in [0.29, 0.717) is 0 Å². The fraction of sp³-hybridized carbons (Fsp3) is 0.571. The van der Waals surface area contributed by atoms with E-state index in [0.717, 1.165) is 38.3 Å². The van der Waals surface area contributed by atoms with Crippen LogP contribution in [0.5, 0.6) is 5.75 Å². The van der Waals surface area contributed by atoms with E-state index in [2.05, 4.69) is 24.4 Å². The third kappa shape index (κ3) is 3.45. The minimum atomic E-state index is -0.0922. The molecule has 0 saturated carbocycles. The van der Waals surface area contributed by atoms with E-state index < -0.39 is 0 Å². The van der Waals surface area contributed by atoms with Crippen LogP contribution in [-0.2, 0) is 11.2 Å². The molecule has 0 amide bonds. The molecule has 0 aromatic heterocycles. The van der Waals surface area contributed by atoms with Crippen molar-refractivity contribution in [1.29, 1.82) is 0 Å². The molecule has 1 heterocycles. The van der Waals surface area contributed by atoms with Gasteiger partial charge in [0.25, 0.3) is 0 Å². The molecule has 17 heavy (non-hydrogen) atoms. The van der Waals surface area contributed by atoms with Crippen LogP contribution in [0.3, 0.4) is 0 Å². The minimum absolute atomic E-state index is 0.0922. The first kappa shape index (κ1) is 12.4. The summed E-state index contributed by atoms with van der Waals surface area (Å²) >= 11 is 0. The molecule has 0 bridgehead atoms. The number of hydrogen-bond donors (Lipinski definition) is 1. The van der Waals surface area contributed by atoms with Gasteiger partial charge < -0.3 is 14.8 Å². The van der Waals surface area contributed by atoms with Crippen LogP contribution < -0.4 is 10.1 Å². The molecule has 1 N–H and O–H groups in total. The van der Waals surface area contributed by atoms with E-state index in [9.17, 15) is 0 Å². The van der Waals surface area contributed by atoms with Crippen LogP contribution in [0.2, 0.25) is 0 Å². The lowest BCUT2D eigenvalue weighted by molar-refractivity contribution is -0.0182. The number of methoxy groups -OCH3 is 1. The molecule has 1 aromatic carbocycles. The minimum Gasteiger partial charge on any atom is -0.497 e. The predicted molar refractivity (Wildman–Crippen MR) is 68.5 cm³/mol. The summed E-state index contributed by atoms with van der Waals surface area (Å²) in [6.45, 7) is 4.99. The zero-order valence-electron chi connectivity index (χ0n) is 10.7. The van der Waals surface area contributed by atoms with Crippen molar-refractivity contribution in [2.24, 2.45) is 0 Å². The summed E-state index contributed by atoms with van der Waals surface area (Å²) in [4.78, 5) is 0. The molecule has 1 fully saturated rings. The summed E-state index contributed by atoms with van der Waals surface area (Å²) in [5, 5.41) is 3.43. The molecule has 1 unspecified atom stereocenters. The second kappa shape index (κ2) is 5.52. The highest BCUT2D eigenvalue weighted by molar-refractivity contribution is 5.28. The van der Waals surface area contributed by atoms with E-state index in [4.69, 9.17) is 9.47 Å². The second-order valence-corrected chi connectivity index (χ2v) is 4.85. The van der Waals surface area contributed by atoms with Gasteiger partial charge in [-0.25, -0.2) is 0 Å². The third-order valence-electron chi connectivity index (χ3n) is 3.18. The molecule has 3 heteroatoms. The number of rotatable bonds is 3. The lowest BCUT2D eigenvalue weighted by atomic mass is 9.96. The van der Waals surface area contributed by atoms with Crippen LogP contribution in [0.15, 0.2) is 24.3 Å². The lowest BCUT2D eigenvalue weighted by Gasteiger charge is -2.28. The van der Waals surface area contributed by atoms with Crippen molar-refractivity contribution in [3.63, 3.8) is 0 Å². The van der Waals surface area contributed by atoms with Gasteiger partial charge in [0.05, 0.1) is 12.7 Å². The highest BCUT2D eigenvalue weighted by Gasteiger charge is 2.26. The maximum Gasteiger partial charge on any atom is 0.118 e. The lowest BCUT2D eigenvalue weighted by Crippen LogP contribution is -2.40. The smallest absolute Gasteiger partial charge is 0.118 e. The fourth-order valence-corrected chi connectivity index (χ4v) is 2.21. The molecule has 1 saturated heterocycles. The van der Waals surface area contributed by atoms with Crippen LogP contribution in [0.25, 0.3) is 0 Å². The monoisotopic (exact) mass is 235 g/mol. The largest absolute Gasteiger partial charge is 0.497 e. The molecule has 0 spiro atoms. The SMILES string of the molecule is COc1ccc(CC2(C)CNCCCO2)cc1. The maximum absolute atomic E-state index is 5.96. The van der Waals surface area contributed by atoms with E-state index in [1.165, 1.54) is 5.56 Å². The molecule has 1 aliphatic heterocycles. The maximum atomic E-state index is 5.96. The van der Waals surface area contributed by atoms with Crippen molar-refractivity contribution in [3.8, 4) is 5.75 Å². The molecule has 1 aromatic rings. The summed E-state index contributed by atoms with van der Waals surface area (Å²) in [5.41, 5.74) is 1.20. The molecular formula is C14H21NO2. The average Bonchev–Trinajstić information content (AvgIpc) is 2.55. The summed E-state index contributed by atoms with van der Waals surface area (Å²) in [6.07, 6.45) is 2.03. The van der Waals surface area contributed by atoms with Crippen LogP contribution >= 0.6 is 0 Å². The molecule has 94 valence electrons. The molecule has 1 atom stereocenters. The second-order valence-electron chi connectivity index (χ2n) is 4.85. The van der Waals surface area contributed by atoms with E-state index in [1.807, 2.05) is 12.1 Å². The van der Waals surface area contributed by atoms with Crippen LogP contribution in [0.1, 0.15) is 18.9 Å². The van der Waals surface area contributed by atoms with Crippen LogP contribution in [-0.4, -0.2) is 32.4 Å². The Kier molecular flexibility index (Phi) is 4.02. The Bertz CT molecular complexity index is 340. The van der Waals surface area contributed by atoms with Gasteiger partial charge in [0, 0.05) is 19.6 Å². The Morgan fingerprint density at radius 2 is 2.12 bits per heavy atom. The van der Waals surface area contributed by atoms with Gasteiger partial charge in [-0.1, -0.05) is 12.1 Å². The normalized spacial score (nSPS) is 25.3. The summed E-state index contributed by atoms with van der Waals surface area (Å²) in [6, 6.07) is 8.22. The van der Waals surface area contributed by atoms with Crippen LogP contribution in [0.4, 0.5) is 0 Å².